The number of pyridine rings is 1. The molecule has 0 bridgehead atoms. The Labute approximate surface area is 214 Å². The van der Waals surface area contributed by atoms with Crippen molar-refractivity contribution in [2.75, 3.05) is 12.8 Å². The molecular weight excluding hydrogens is 482 g/mol. The molecule has 1 amide bonds. The van der Waals surface area contributed by atoms with Crippen molar-refractivity contribution in [3.63, 3.8) is 0 Å². The van der Waals surface area contributed by atoms with Crippen LogP contribution in [0.15, 0.2) is 41.2 Å². The standard InChI is InChI=1S/C26H32ClN5O4/c1-16(2)11-18-12-17(14-31(3)23(33)7-5-4-6-8-24(34)35)13-20-25(18)30-22(29-20)15-32-21(27)10-9-19(28)26(32)36/h5,7,9-10,12-13,16H,4,6,8,11,14-15,28H2,1-3H3,(H,29,30)(H,34,35)/b7-5+. The van der Waals surface area contributed by atoms with E-state index in [1.165, 1.54) is 16.7 Å². The molecule has 3 rings (SSSR count). The number of carboxylic acids is 1. The van der Waals surface area contributed by atoms with Crippen LogP contribution in [0.4, 0.5) is 5.69 Å². The Morgan fingerprint density at radius 2 is 2.06 bits per heavy atom. The Morgan fingerprint density at radius 1 is 1.31 bits per heavy atom. The van der Waals surface area contributed by atoms with Crippen LogP contribution in [0.3, 0.4) is 0 Å². The molecule has 10 heteroatoms. The molecule has 36 heavy (non-hydrogen) atoms. The van der Waals surface area contributed by atoms with E-state index in [0.29, 0.717) is 31.1 Å². The summed E-state index contributed by atoms with van der Waals surface area (Å²) in [5.74, 6) is -0.0283. The third-order valence-corrected chi connectivity index (χ3v) is 6.01. The predicted molar refractivity (Wildman–Crippen MR) is 141 cm³/mol. The number of H-pyrrole nitrogens is 1. The number of aliphatic carboxylic acids is 1. The maximum absolute atomic E-state index is 12.5. The van der Waals surface area contributed by atoms with E-state index in [4.69, 9.17) is 27.4 Å². The van der Waals surface area contributed by atoms with E-state index in [1.807, 2.05) is 6.07 Å². The molecule has 0 unspecified atom stereocenters. The van der Waals surface area contributed by atoms with Crippen LogP contribution in [0, 0.1) is 5.92 Å². The lowest BCUT2D eigenvalue weighted by Gasteiger charge is -2.16. The first kappa shape index (κ1) is 27.0. The number of amides is 1. The second-order valence-corrected chi connectivity index (χ2v) is 9.71. The van der Waals surface area contributed by atoms with Crippen molar-refractivity contribution >= 4 is 40.2 Å². The fourth-order valence-corrected chi connectivity index (χ4v) is 4.17. The molecule has 2 aromatic heterocycles. The molecule has 3 aromatic rings. The van der Waals surface area contributed by atoms with E-state index in [-0.39, 0.29) is 35.3 Å². The normalized spacial score (nSPS) is 11.6. The number of carboxylic acid groups (broad SMARTS) is 1. The molecule has 9 nitrogen and oxygen atoms in total. The van der Waals surface area contributed by atoms with Crippen molar-refractivity contribution in [2.45, 2.75) is 52.6 Å². The zero-order valence-corrected chi connectivity index (χ0v) is 21.5. The lowest BCUT2D eigenvalue weighted by atomic mass is 9.99. The number of unbranched alkanes of at least 4 members (excludes halogenated alkanes) is 1. The number of benzene rings is 1. The number of aromatic amines is 1. The number of halogens is 1. The molecule has 4 N–H and O–H groups in total. The Kier molecular flexibility index (Phi) is 8.93. The molecule has 0 radical (unpaired) electrons. The molecule has 1 aromatic carbocycles. The van der Waals surface area contributed by atoms with Gasteiger partial charge in [-0.05, 0) is 60.6 Å². The van der Waals surface area contributed by atoms with Gasteiger partial charge in [-0.25, -0.2) is 4.98 Å². The number of anilines is 1. The lowest BCUT2D eigenvalue weighted by molar-refractivity contribution is -0.137. The molecule has 0 aliphatic carbocycles. The monoisotopic (exact) mass is 513 g/mol. The minimum Gasteiger partial charge on any atom is -0.481 e. The van der Waals surface area contributed by atoms with Crippen LogP contribution in [-0.2, 0) is 29.1 Å². The van der Waals surface area contributed by atoms with E-state index in [0.717, 1.165) is 28.6 Å². The van der Waals surface area contributed by atoms with Crippen LogP contribution in [0.1, 0.15) is 50.1 Å². The molecule has 0 aliphatic heterocycles. The number of carbonyl (C=O) groups is 2. The molecule has 0 saturated heterocycles. The maximum atomic E-state index is 12.5. The van der Waals surface area contributed by atoms with Crippen LogP contribution >= 0.6 is 11.6 Å². The summed E-state index contributed by atoms with van der Waals surface area (Å²) in [7, 11) is 1.73. The van der Waals surface area contributed by atoms with Gasteiger partial charge in [0.1, 0.15) is 11.0 Å². The molecule has 0 spiro atoms. The van der Waals surface area contributed by atoms with Gasteiger partial charge in [0.2, 0.25) is 5.91 Å². The fourth-order valence-electron chi connectivity index (χ4n) is 3.97. The number of carbonyl (C=O) groups excluding carboxylic acids is 1. The average Bonchev–Trinajstić information content (AvgIpc) is 3.21. The van der Waals surface area contributed by atoms with Crippen molar-refractivity contribution in [3.05, 3.63) is 68.9 Å². The van der Waals surface area contributed by atoms with E-state index < -0.39 is 5.97 Å². The van der Waals surface area contributed by atoms with Crippen molar-refractivity contribution in [1.82, 2.24) is 19.4 Å². The van der Waals surface area contributed by atoms with Gasteiger partial charge in [-0.2, -0.15) is 0 Å². The van der Waals surface area contributed by atoms with Gasteiger partial charge in [0.15, 0.2) is 0 Å². The molecule has 192 valence electrons. The zero-order chi connectivity index (χ0) is 26.4. The van der Waals surface area contributed by atoms with Crippen LogP contribution in [0.25, 0.3) is 11.0 Å². The van der Waals surface area contributed by atoms with Crippen molar-refractivity contribution in [3.8, 4) is 0 Å². The third kappa shape index (κ3) is 6.97. The number of imidazole rings is 1. The second-order valence-electron chi connectivity index (χ2n) is 9.32. The van der Waals surface area contributed by atoms with Gasteiger partial charge < -0.3 is 20.7 Å². The Morgan fingerprint density at radius 3 is 2.75 bits per heavy atom. The van der Waals surface area contributed by atoms with E-state index in [1.54, 1.807) is 24.1 Å². The number of hydrogen-bond donors (Lipinski definition) is 3. The van der Waals surface area contributed by atoms with Gasteiger partial charge in [0.05, 0.1) is 23.3 Å². The number of nitrogen functional groups attached to an aromatic ring is 1. The summed E-state index contributed by atoms with van der Waals surface area (Å²) in [6, 6.07) is 7.08. The van der Waals surface area contributed by atoms with Crippen LogP contribution in [-0.4, -0.2) is 43.5 Å². The molecule has 0 atom stereocenters. The summed E-state index contributed by atoms with van der Waals surface area (Å²) in [5, 5.41) is 8.98. The van der Waals surface area contributed by atoms with Gasteiger partial charge in [0, 0.05) is 20.0 Å². The van der Waals surface area contributed by atoms with E-state index in [2.05, 4.69) is 24.9 Å². The highest BCUT2D eigenvalue weighted by Crippen LogP contribution is 2.24. The van der Waals surface area contributed by atoms with Crippen LogP contribution < -0.4 is 11.3 Å². The van der Waals surface area contributed by atoms with Crippen molar-refractivity contribution in [1.29, 1.82) is 0 Å². The Hall–Kier alpha value is -3.59. The summed E-state index contributed by atoms with van der Waals surface area (Å²) in [6.45, 7) is 4.80. The number of aromatic nitrogens is 3. The van der Waals surface area contributed by atoms with Gasteiger partial charge >= 0.3 is 5.97 Å². The summed E-state index contributed by atoms with van der Waals surface area (Å²) in [4.78, 5) is 45.2. The van der Waals surface area contributed by atoms with Crippen LogP contribution in [0.5, 0.6) is 0 Å². The van der Waals surface area contributed by atoms with Gasteiger partial charge in [-0.15, -0.1) is 0 Å². The van der Waals surface area contributed by atoms with Crippen LogP contribution in [0.2, 0.25) is 5.15 Å². The predicted octanol–water partition coefficient (Wildman–Crippen LogP) is 3.98. The first-order chi connectivity index (χ1) is 17.0. The highest BCUT2D eigenvalue weighted by molar-refractivity contribution is 6.29. The first-order valence-corrected chi connectivity index (χ1v) is 12.2. The molecule has 2 heterocycles. The molecule has 0 saturated carbocycles. The van der Waals surface area contributed by atoms with Crippen molar-refractivity contribution in [2.24, 2.45) is 5.92 Å². The topological polar surface area (TPSA) is 134 Å². The average molecular weight is 514 g/mol. The maximum Gasteiger partial charge on any atom is 0.303 e. The molecular formula is C26H32ClN5O4. The Bertz CT molecular complexity index is 1340. The minimum absolute atomic E-state index is 0.0810. The number of rotatable bonds is 11. The largest absolute Gasteiger partial charge is 0.481 e. The summed E-state index contributed by atoms with van der Waals surface area (Å²) < 4.78 is 1.37. The van der Waals surface area contributed by atoms with Gasteiger partial charge in [-0.1, -0.05) is 37.6 Å². The highest BCUT2D eigenvalue weighted by Gasteiger charge is 2.15. The number of allylic oxidation sites excluding steroid dienone is 1. The number of nitrogens with one attached hydrogen (secondary N) is 1. The number of nitrogens with zero attached hydrogens (tertiary/aromatic N) is 3. The SMILES string of the molecule is CC(C)Cc1cc(CN(C)C(=O)/C=C/CCCC(=O)O)cc2[nH]c(Cn3c(Cl)ccc(N)c3=O)nc12. The van der Waals surface area contributed by atoms with Gasteiger partial charge in [0.25, 0.3) is 5.56 Å². The smallest absolute Gasteiger partial charge is 0.303 e. The summed E-state index contributed by atoms with van der Waals surface area (Å²) in [5.41, 5.74) is 9.14. The lowest BCUT2D eigenvalue weighted by Crippen LogP contribution is -2.24. The quantitative estimate of drug-likeness (QED) is 0.202. The zero-order valence-electron chi connectivity index (χ0n) is 20.8. The number of hydrogen-bond acceptors (Lipinski definition) is 5. The second kappa shape index (κ2) is 11.9. The fraction of sp³-hybridized carbons (Fsp3) is 0.385. The number of likely N-dealkylation sites (N-methyl/N-ethyl adjacent to an activating group) is 1. The Balaban J connectivity index is 1.83. The van der Waals surface area contributed by atoms with Crippen molar-refractivity contribution < 1.29 is 14.7 Å². The van der Waals surface area contributed by atoms with Gasteiger partial charge in [-0.3, -0.25) is 19.0 Å². The third-order valence-electron chi connectivity index (χ3n) is 5.68. The molecule has 0 aliphatic rings. The first-order valence-electron chi connectivity index (χ1n) is 11.8. The van der Waals surface area contributed by atoms with E-state index >= 15 is 0 Å². The summed E-state index contributed by atoms with van der Waals surface area (Å²) in [6.07, 6.45) is 5.10. The highest BCUT2D eigenvalue weighted by atomic mass is 35.5. The number of fused-ring (bicyclic) bond motifs is 1. The van der Waals surface area contributed by atoms with E-state index in [9.17, 15) is 14.4 Å². The minimum atomic E-state index is -0.843. The number of nitrogens with two attached hydrogens (primary N) is 1. The molecule has 0 fully saturated rings. The summed E-state index contributed by atoms with van der Waals surface area (Å²) >= 11 is 6.23.